The standard InChI is InChI=1S/C10H8FNO/c11-9-6-7(12)3-4-8(9)10-2-1-5-13-10/h1-6H,12H2. The molecule has 1 heterocycles. The van der Waals surface area contributed by atoms with Gasteiger partial charge >= 0.3 is 0 Å². The molecule has 1 aromatic carbocycles. The number of hydrogen-bond acceptors (Lipinski definition) is 2. The van der Waals surface area contributed by atoms with Gasteiger partial charge in [0.1, 0.15) is 11.6 Å². The van der Waals surface area contributed by atoms with Crippen molar-refractivity contribution < 1.29 is 8.81 Å². The molecule has 13 heavy (non-hydrogen) atoms. The molecule has 2 N–H and O–H groups in total. The zero-order valence-electron chi connectivity index (χ0n) is 6.83. The lowest BCUT2D eigenvalue weighted by molar-refractivity contribution is 0.569. The second-order valence-corrected chi connectivity index (χ2v) is 2.72. The van der Waals surface area contributed by atoms with Crippen LogP contribution >= 0.6 is 0 Å². The van der Waals surface area contributed by atoms with Crippen LogP contribution in [0.1, 0.15) is 0 Å². The van der Waals surface area contributed by atoms with Crippen LogP contribution in [-0.4, -0.2) is 0 Å². The third-order valence-electron chi connectivity index (χ3n) is 1.78. The molecule has 66 valence electrons. The van der Waals surface area contributed by atoms with Crippen molar-refractivity contribution in [3.05, 3.63) is 42.4 Å². The number of rotatable bonds is 1. The van der Waals surface area contributed by atoms with E-state index in [4.69, 9.17) is 10.2 Å². The minimum absolute atomic E-state index is 0.366. The summed E-state index contributed by atoms with van der Waals surface area (Å²) in [6, 6.07) is 7.93. The molecular weight excluding hydrogens is 169 g/mol. The van der Waals surface area contributed by atoms with Crippen LogP contribution in [-0.2, 0) is 0 Å². The van der Waals surface area contributed by atoms with Gasteiger partial charge in [-0.1, -0.05) is 0 Å². The van der Waals surface area contributed by atoms with E-state index < -0.39 is 0 Å². The Morgan fingerprint density at radius 1 is 1.23 bits per heavy atom. The predicted octanol–water partition coefficient (Wildman–Crippen LogP) is 2.67. The Morgan fingerprint density at radius 2 is 2.08 bits per heavy atom. The Labute approximate surface area is 74.8 Å². The average Bonchev–Trinajstić information content (AvgIpc) is 2.56. The predicted molar refractivity (Wildman–Crippen MR) is 48.5 cm³/mol. The fourth-order valence-electron chi connectivity index (χ4n) is 1.16. The van der Waals surface area contributed by atoms with Gasteiger partial charge in [-0.2, -0.15) is 0 Å². The van der Waals surface area contributed by atoms with Crippen molar-refractivity contribution in [3.63, 3.8) is 0 Å². The molecule has 3 heteroatoms. The zero-order valence-corrected chi connectivity index (χ0v) is 6.83. The maximum Gasteiger partial charge on any atom is 0.136 e. The molecule has 0 radical (unpaired) electrons. The van der Waals surface area contributed by atoms with Crippen molar-refractivity contribution in [2.45, 2.75) is 0 Å². The Kier molecular flexibility index (Phi) is 1.77. The molecule has 0 saturated heterocycles. The smallest absolute Gasteiger partial charge is 0.136 e. The molecule has 0 atom stereocenters. The highest BCUT2D eigenvalue weighted by atomic mass is 19.1. The third-order valence-corrected chi connectivity index (χ3v) is 1.78. The molecule has 0 amide bonds. The number of hydrogen-bond donors (Lipinski definition) is 1. The van der Waals surface area contributed by atoms with Gasteiger partial charge in [0.25, 0.3) is 0 Å². The first kappa shape index (κ1) is 7.86. The van der Waals surface area contributed by atoms with Crippen LogP contribution in [0.25, 0.3) is 11.3 Å². The quantitative estimate of drug-likeness (QED) is 0.680. The molecule has 0 aliphatic rings. The number of nitrogen functional groups attached to an aromatic ring is 1. The van der Waals surface area contributed by atoms with Gasteiger partial charge in [0.2, 0.25) is 0 Å². The van der Waals surface area contributed by atoms with Crippen molar-refractivity contribution in [1.29, 1.82) is 0 Å². The number of nitrogens with two attached hydrogens (primary N) is 1. The Bertz CT molecular complexity index is 409. The summed E-state index contributed by atoms with van der Waals surface area (Å²) in [6.07, 6.45) is 1.51. The van der Waals surface area contributed by atoms with Gasteiger partial charge in [-0.25, -0.2) is 4.39 Å². The lowest BCUT2D eigenvalue weighted by Gasteiger charge is -1.99. The van der Waals surface area contributed by atoms with Crippen molar-refractivity contribution in [2.24, 2.45) is 0 Å². The molecule has 0 aliphatic carbocycles. The molecule has 2 rings (SSSR count). The Morgan fingerprint density at radius 3 is 2.69 bits per heavy atom. The van der Waals surface area contributed by atoms with E-state index in [0.29, 0.717) is 17.0 Å². The first-order chi connectivity index (χ1) is 6.27. The summed E-state index contributed by atoms with van der Waals surface area (Å²) in [5.74, 6) is 0.146. The highest BCUT2D eigenvalue weighted by molar-refractivity contribution is 5.61. The van der Waals surface area contributed by atoms with E-state index in [-0.39, 0.29) is 5.82 Å². The van der Waals surface area contributed by atoms with E-state index in [2.05, 4.69) is 0 Å². The lowest BCUT2D eigenvalue weighted by Crippen LogP contribution is -1.88. The van der Waals surface area contributed by atoms with Gasteiger partial charge in [-0.05, 0) is 30.3 Å². The molecule has 0 bridgehead atoms. The van der Waals surface area contributed by atoms with Crippen LogP contribution in [0.3, 0.4) is 0 Å². The Balaban J connectivity index is 2.53. The minimum atomic E-state index is -0.366. The van der Waals surface area contributed by atoms with E-state index in [1.54, 1.807) is 24.3 Å². The van der Waals surface area contributed by atoms with Gasteiger partial charge in [0.05, 0.1) is 11.8 Å². The average molecular weight is 177 g/mol. The summed E-state index contributed by atoms with van der Waals surface area (Å²) >= 11 is 0. The van der Waals surface area contributed by atoms with E-state index in [9.17, 15) is 4.39 Å². The molecule has 0 spiro atoms. The monoisotopic (exact) mass is 177 g/mol. The van der Waals surface area contributed by atoms with E-state index in [1.807, 2.05) is 0 Å². The van der Waals surface area contributed by atoms with Crippen molar-refractivity contribution in [1.82, 2.24) is 0 Å². The van der Waals surface area contributed by atoms with Gasteiger partial charge in [-0.3, -0.25) is 0 Å². The van der Waals surface area contributed by atoms with Crippen LogP contribution in [0, 0.1) is 5.82 Å². The topological polar surface area (TPSA) is 39.2 Å². The number of anilines is 1. The SMILES string of the molecule is Nc1ccc(-c2ccco2)c(F)c1. The zero-order chi connectivity index (χ0) is 9.26. The number of furan rings is 1. The van der Waals surface area contributed by atoms with Gasteiger partial charge in [0.15, 0.2) is 0 Å². The molecular formula is C10H8FNO. The van der Waals surface area contributed by atoms with Crippen molar-refractivity contribution >= 4 is 5.69 Å². The van der Waals surface area contributed by atoms with Crippen LogP contribution < -0.4 is 5.73 Å². The van der Waals surface area contributed by atoms with Crippen LogP contribution in [0.15, 0.2) is 41.0 Å². The minimum Gasteiger partial charge on any atom is -0.464 e. The summed E-state index contributed by atoms with van der Waals surface area (Å²) < 4.78 is 18.3. The van der Waals surface area contributed by atoms with E-state index in [0.717, 1.165) is 0 Å². The molecule has 1 aromatic heterocycles. The van der Waals surface area contributed by atoms with Gasteiger partial charge in [0, 0.05) is 5.69 Å². The first-order valence-corrected chi connectivity index (χ1v) is 3.86. The fourth-order valence-corrected chi connectivity index (χ4v) is 1.16. The highest BCUT2D eigenvalue weighted by Gasteiger charge is 2.06. The maximum absolute atomic E-state index is 13.3. The molecule has 0 unspecified atom stereocenters. The van der Waals surface area contributed by atoms with E-state index in [1.165, 1.54) is 12.3 Å². The van der Waals surface area contributed by atoms with Crippen LogP contribution in [0.2, 0.25) is 0 Å². The second kappa shape index (κ2) is 2.94. The summed E-state index contributed by atoms with van der Waals surface area (Å²) in [4.78, 5) is 0. The Hall–Kier alpha value is -1.77. The van der Waals surface area contributed by atoms with Crippen molar-refractivity contribution in [2.75, 3.05) is 5.73 Å². The van der Waals surface area contributed by atoms with Gasteiger partial charge < -0.3 is 10.2 Å². The lowest BCUT2D eigenvalue weighted by atomic mass is 10.1. The summed E-state index contributed by atoms with van der Waals surface area (Å²) in [5, 5.41) is 0. The summed E-state index contributed by atoms with van der Waals surface area (Å²) in [7, 11) is 0. The van der Waals surface area contributed by atoms with E-state index >= 15 is 0 Å². The normalized spacial score (nSPS) is 10.2. The molecule has 2 nitrogen and oxygen atoms in total. The number of halogens is 1. The number of benzene rings is 1. The molecule has 0 fully saturated rings. The third kappa shape index (κ3) is 1.40. The second-order valence-electron chi connectivity index (χ2n) is 2.72. The van der Waals surface area contributed by atoms with Crippen LogP contribution in [0.4, 0.5) is 10.1 Å². The van der Waals surface area contributed by atoms with Gasteiger partial charge in [-0.15, -0.1) is 0 Å². The van der Waals surface area contributed by atoms with Crippen molar-refractivity contribution in [3.8, 4) is 11.3 Å². The maximum atomic E-state index is 13.3. The molecule has 0 aliphatic heterocycles. The van der Waals surface area contributed by atoms with Crippen LogP contribution in [0.5, 0.6) is 0 Å². The summed E-state index contributed by atoms with van der Waals surface area (Å²) in [5.41, 5.74) is 6.25. The molecule has 2 aromatic rings. The molecule has 0 saturated carbocycles. The largest absolute Gasteiger partial charge is 0.464 e. The fraction of sp³-hybridized carbons (Fsp3) is 0. The summed E-state index contributed by atoms with van der Waals surface area (Å²) in [6.45, 7) is 0. The first-order valence-electron chi connectivity index (χ1n) is 3.86. The highest BCUT2D eigenvalue weighted by Crippen LogP contribution is 2.24.